The Labute approximate surface area is 101 Å². The third-order valence-corrected chi connectivity index (χ3v) is 2.49. The van der Waals surface area contributed by atoms with E-state index in [1.54, 1.807) is 7.11 Å². The predicted octanol–water partition coefficient (Wildman–Crippen LogP) is 2.52. The van der Waals surface area contributed by atoms with Crippen molar-refractivity contribution in [3.05, 3.63) is 28.3 Å². The fourth-order valence-corrected chi connectivity index (χ4v) is 1.86. The first-order valence-corrected chi connectivity index (χ1v) is 5.67. The number of hydrogen-bond donors (Lipinski definition) is 1. The Morgan fingerprint density at radius 1 is 1.38 bits per heavy atom. The summed E-state index contributed by atoms with van der Waals surface area (Å²) in [5, 5.41) is 0.704. The summed E-state index contributed by atoms with van der Waals surface area (Å²) in [7, 11) is 1.65. The highest BCUT2D eigenvalue weighted by Crippen LogP contribution is 2.28. The van der Waals surface area contributed by atoms with E-state index in [1.807, 2.05) is 19.1 Å². The summed E-state index contributed by atoms with van der Waals surface area (Å²) < 4.78 is 10.8. The Morgan fingerprint density at radius 2 is 2.12 bits per heavy atom. The minimum atomic E-state index is 0.505. The van der Waals surface area contributed by atoms with Crippen molar-refractivity contribution in [2.75, 3.05) is 20.3 Å². The van der Waals surface area contributed by atoms with Crippen molar-refractivity contribution in [2.24, 2.45) is 5.73 Å². The van der Waals surface area contributed by atoms with Crippen molar-refractivity contribution in [3.8, 4) is 5.75 Å². The van der Waals surface area contributed by atoms with E-state index >= 15 is 0 Å². The van der Waals surface area contributed by atoms with E-state index in [0.717, 1.165) is 23.3 Å². The van der Waals surface area contributed by atoms with Crippen LogP contribution in [0.2, 0.25) is 5.02 Å². The van der Waals surface area contributed by atoms with E-state index < -0.39 is 0 Å². The molecule has 0 amide bonds. The number of halogens is 1. The number of nitrogens with two attached hydrogens (primary N) is 1. The van der Waals surface area contributed by atoms with Gasteiger partial charge >= 0.3 is 0 Å². The van der Waals surface area contributed by atoms with Gasteiger partial charge in [0.2, 0.25) is 0 Å². The second-order valence-corrected chi connectivity index (χ2v) is 4.05. The molecule has 1 rings (SSSR count). The first-order valence-electron chi connectivity index (χ1n) is 5.30. The van der Waals surface area contributed by atoms with Gasteiger partial charge in [0.1, 0.15) is 5.75 Å². The first-order chi connectivity index (χ1) is 7.69. The molecule has 1 aromatic rings. The highest BCUT2D eigenvalue weighted by Gasteiger charge is 2.08. The van der Waals surface area contributed by atoms with Crippen molar-refractivity contribution in [1.29, 1.82) is 0 Å². The van der Waals surface area contributed by atoms with Crippen molar-refractivity contribution in [1.82, 2.24) is 0 Å². The largest absolute Gasteiger partial charge is 0.496 e. The normalized spacial score (nSPS) is 10.5. The minimum absolute atomic E-state index is 0.505. The van der Waals surface area contributed by atoms with Gasteiger partial charge in [-0.15, -0.1) is 0 Å². The highest BCUT2D eigenvalue weighted by atomic mass is 35.5. The lowest BCUT2D eigenvalue weighted by atomic mass is 10.1. The third kappa shape index (κ3) is 3.67. The summed E-state index contributed by atoms with van der Waals surface area (Å²) in [4.78, 5) is 0. The standard InChI is InChI=1S/C12H18ClNO2/c1-9-6-11(13)7-10(12(9)15-2)8-16-5-3-4-14/h6-7H,3-5,8,14H2,1-2H3. The van der Waals surface area contributed by atoms with E-state index in [1.165, 1.54) is 0 Å². The maximum atomic E-state index is 5.99. The molecule has 2 N–H and O–H groups in total. The molecule has 3 nitrogen and oxygen atoms in total. The molecule has 0 fully saturated rings. The number of aryl methyl sites for hydroxylation is 1. The Morgan fingerprint density at radius 3 is 2.75 bits per heavy atom. The van der Waals surface area contributed by atoms with Crippen LogP contribution >= 0.6 is 11.6 Å². The van der Waals surface area contributed by atoms with Crippen LogP contribution in [-0.2, 0) is 11.3 Å². The summed E-state index contributed by atoms with van der Waals surface area (Å²) in [6, 6.07) is 3.75. The second-order valence-electron chi connectivity index (χ2n) is 3.61. The molecule has 0 saturated carbocycles. The quantitative estimate of drug-likeness (QED) is 0.781. The molecule has 0 saturated heterocycles. The Balaban J connectivity index is 2.69. The van der Waals surface area contributed by atoms with Gasteiger partial charge in [-0.25, -0.2) is 0 Å². The molecule has 0 aliphatic heterocycles. The number of ether oxygens (including phenoxy) is 2. The molecule has 0 aliphatic rings. The average molecular weight is 244 g/mol. The molecule has 0 heterocycles. The van der Waals surface area contributed by atoms with Gasteiger partial charge in [0.05, 0.1) is 13.7 Å². The molecular formula is C12H18ClNO2. The topological polar surface area (TPSA) is 44.5 Å². The molecule has 0 bridgehead atoms. The van der Waals surface area contributed by atoms with Crippen LogP contribution in [0, 0.1) is 6.92 Å². The van der Waals surface area contributed by atoms with Gasteiger partial charge in [-0.2, -0.15) is 0 Å². The monoisotopic (exact) mass is 243 g/mol. The molecule has 0 aromatic heterocycles. The predicted molar refractivity (Wildman–Crippen MR) is 66.1 cm³/mol. The lowest BCUT2D eigenvalue weighted by Crippen LogP contribution is -2.05. The molecule has 0 atom stereocenters. The summed E-state index contributed by atoms with van der Waals surface area (Å²) in [5.41, 5.74) is 7.38. The van der Waals surface area contributed by atoms with Gasteiger partial charge in [0.15, 0.2) is 0 Å². The minimum Gasteiger partial charge on any atom is -0.496 e. The van der Waals surface area contributed by atoms with Crippen LogP contribution in [0.25, 0.3) is 0 Å². The number of methoxy groups -OCH3 is 1. The van der Waals surface area contributed by atoms with Crippen LogP contribution in [0.15, 0.2) is 12.1 Å². The van der Waals surface area contributed by atoms with Crippen LogP contribution in [0.5, 0.6) is 5.75 Å². The van der Waals surface area contributed by atoms with Crippen LogP contribution in [-0.4, -0.2) is 20.3 Å². The molecule has 0 unspecified atom stereocenters. The van der Waals surface area contributed by atoms with Crippen molar-refractivity contribution in [2.45, 2.75) is 20.0 Å². The summed E-state index contributed by atoms with van der Waals surface area (Å²) in [5.74, 6) is 0.845. The number of benzene rings is 1. The van der Waals surface area contributed by atoms with Crippen molar-refractivity contribution < 1.29 is 9.47 Å². The molecule has 16 heavy (non-hydrogen) atoms. The van der Waals surface area contributed by atoms with Crippen LogP contribution in [0.3, 0.4) is 0 Å². The van der Waals surface area contributed by atoms with Crippen LogP contribution in [0.4, 0.5) is 0 Å². The summed E-state index contributed by atoms with van der Waals surface area (Å²) >= 11 is 5.99. The molecule has 4 heteroatoms. The molecule has 1 aromatic carbocycles. The second kappa shape index (κ2) is 6.74. The van der Waals surface area contributed by atoms with E-state index in [0.29, 0.717) is 24.8 Å². The fourth-order valence-electron chi connectivity index (χ4n) is 1.57. The van der Waals surface area contributed by atoms with E-state index in [2.05, 4.69) is 0 Å². The van der Waals surface area contributed by atoms with Gasteiger partial charge in [0, 0.05) is 17.2 Å². The number of rotatable bonds is 6. The molecule has 0 radical (unpaired) electrons. The molecule has 90 valence electrons. The lowest BCUT2D eigenvalue weighted by molar-refractivity contribution is 0.118. The molecule has 0 aliphatic carbocycles. The fraction of sp³-hybridized carbons (Fsp3) is 0.500. The van der Waals surface area contributed by atoms with Crippen LogP contribution in [0.1, 0.15) is 17.5 Å². The third-order valence-electron chi connectivity index (χ3n) is 2.27. The van der Waals surface area contributed by atoms with Crippen molar-refractivity contribution >= 4 is 11.6 Å². The Bertz CT molecular complexity index is 342. The maximum Gasteiger partial charge on any atom is 0.127 e. The zero-order valence-corrected chi connectivity index (χ0v) is 10.5. The van der Waals surface area contributed by atoms with E-state index in [4.69, 9.17) is 26.8 Å². The molecular weight excluding hydrogens is 226 g/mol. The van der Waals surface area contributed by atoms with Crippen LogP contribution < -0.4 is 10.5 Å². The first kappa shape index (κ1) is 13.3. The summed E-state index contributed by atoms with van der Waals surface area (Å²) in [6.07, 6.45) is 0.863. The zero-order chi connectivity index (χ0) is 12.0. The lowest BCUT2D eigenvalue weighted by Gasteiger charge is -2.12. The average Bonchev–Trinajstić information content (AvgIpc) is 2.24. The van der Waals surface area contributed by atoms with E-state index in [-0.39, 0.29) is 0 Å². The molecule has 0 spiro atoms. The van der Waals surface area contributed by atoms with Gasteiger partial charge < -0.3 is 15.2 Å². The Kier molecular flexibility index (Phi) is 5.60. The number of hydrogen-bond acceptors (Lipinski definition) is 3. The maximum absolute atomic E-state index is 5.99. The van der Waals surface area contributed by atoms with Gasteiger partial charge in [-0.05, 0) is 37.6 Å². The van der Waals surface area contributed by atoms with Crippen molar-refractivity contribution in [3.63, 3.8) is 0 Å². The summed E-state index contributed by atoms with van der Waals surface area (Å²) in [6.45, 7) is 3.77. The highest BCUT2D eigenvalue weighted by molar-refractivity contribution is 6.30. The van der Waals surface area contributed by atoms with E-state index in [9.17, 15) is 0 Å². The smallest absolute Gasteiger partial charge is 0.127 e. The zero-order valence-electron chi connectivity index (χ0n) is 9.75. The van der Waals surface area contributed by atoms with Gasteiger partial charge in [0.25, 0.3) is 0 Å². The SMILES string of the molecule is COc1c(C)cc(Cl)cc1COCCCN. The van der Waals surface area contributed by atoms with Gasteiger partial charge in [-0.3, -0.25) is 0 Å². The van der Waals surface area contributed by atoms with Gasteiger partial charge in [-0.1, -0.05) is 11.6 Å². The Hall–Kier alpha value is -0.770.